The van der Waals surface area contributed by atoms with Crippen LogP contribution < -0.4 is 0 Å². The number of ether oxygens (including phenoxy) is 3. The molecule has 0 aromatic heterocycles. The van der Waals surface area contributed by atoms with Crippen LogP contribution in [0.1, 0.15) is 233 Å². The van der Waals surface area contributed by atoms with E-state index in [2.05, 4.69) is 154 Å². The van der Waals surface area contributed by atoms with Gasteiger partial charge in [0.15, 0.2) is 6.10 Å². The first-order valence-electron chi connectivity index (χ1n) is 29.6. The van der Waals surface area contributed by atoms with Crippen molar-refractivity contribution in [2.24, 2.45) is 0 Å². The van der Waals surface area contributed by atoms with Crippen LogP contribution in [-0.2, 0) is 28.6 Å². The van der Waals surface area contributed by atoms with Crippen molar-refractivity contribution >= 4 is 17.9 Å². The Labute approximate surface area is 454 Å². The molecule has 0 saturated heterocycles. The molecule has 6 nitrogen and oxygen atoms in total. The molecular formula is C68H106O6. The van der Waals surface area contributed by atoms with Gasteiger partial charge in [-0.05, 0) is 116 Å². The maximum Gasteiger partial charge on any atom is 0.306 e. The molecular weight excluding hydrogens is 913 g/mol. The number of hydrogen-bond donors (Lipinski definition) is 0. The maximum absolute atomic E-state index is 12.9. The van der Waals surface area contributed by atoms with Gasteiger partial charge in [-0.2, -0.15) is 0 Å². The van der Waals surface area contributed by atoms with Crippen LogP contribution in [0.15, 0.2) is 158 Å². The fourth-order valence-corrected chi connectivity index (χ4v) is 7.51. The summed E-state index contributed by atoms with van der Waals surface area (Å²) in [7, 11) is 0. The third kappa shape index (κ3) is 57.9. The second-order valence-corrected chi connectivity index (χ2v) is 18.9. The summed E-state index contributed by atoms with van der Waals surface area (Å²) in [6, 6.07) is 0. The zero-order valence-electron chi connectivity index (χ0n) is 47.3. The van der Waals surface area contributed by atoms with Crippen LogP contribution in [0, 0.1) is 0 Å². The van der Waals surface area contributed by atoms with Gasteiger partial charge in [0.1, 0.15) is 13.2 Å². The molecule has 0 aliphatic rings. The van der Waals surface area contributed by atoms with Crippen LogP contribution in [0.25, 0.3) is 0 Å². The number of esters is 3. The van der Waals surface area contributed by atoms with E-state index in [9.17, 15) is 14.4 Å². The Bertz CT molecular complexity index is 1690. The molecule has 1 unspecified atom stereocenters. The highest BCUT2D eigenvalue weighted by atomic mass is 16.6. The molecule has 6 heteroatoms. The van der Waals surface area contributed by atoms with Crippen molar-refractivity contribution in [2.75, 3.05) is 13.2 Å². The lowest BCUT2D eigenvalue weighted by Crippen LogP contribution is -2.30. The lowest BCUT2D eigenvalue weighted by Gasteiger charge is -2.18. The molecule has 0 saturated carbocycles. The first kappa shape index (κ1) is 69.0. The van der Waals surface area contributed by atoms with Crippen molar-refractivity contribution in [3.63, 3.8) is 0 Å². The minimum atomic E-state index is -0.815. The standard InChI is InChI=1S/C68H106O6/c1-4-7-10-13-16-19-22-25-28-31-34-37-40-43-46-49-52-55-58-61-67(70)73-64-65(63-72-66(69)60-57-54-51-48-45-42-39-36-33-30-27-24-21-18-15-12-9-6-3)74-68(71)62-59-56-53-50-47-44-41-38-35-32-29-26-23-20-17-14-11-8-5-2/h7-8,10-12,15-21,24-30,33-34,36-37,39,43,46,65H,4-6,9,13-14,22-23,31-32,35,38,40-42,44-45,47-64H2,1-3H3/b10-7-,11-8-,15-12-,19-16-,20-17-,21-18-,27-24-,28-25-,29-26-,33-30-,37-34-,39-36-,46-43-. The molecule has 414 valence electrons. The molecule has 0 heterocycles. The monoisotopic (exact) mass is 1020 g/mol. The first-order chi connectivity index (χ1) is 36.5. The van der Waals surface area contributed by atoms with E-state index in [4.69, 9.17) is 14.2 Å². The zero-order chi connectivity index (χ0) is 53.6. The number of unbranched alkanes of at least 4 members (excludes halogenated alkanes) is 18. The molecule has 0 N–H and O–H groups in total. The second kappa shape index (κ2) is 60.6. The molecule has 0 aliphatic carbocycles. The third-order valence-corrected chi connectivity index (χ3v) is 11.9. The lowest BCUT2D eigenvalue weighted by molar-refractivity contribution is -0.167. The number of carbonyl (C=O) groups excluding carboxylic acids is 3. The molecule has 0 spiro atoms. The van der Waals surface area contributed by atoms with E-state index in [-0.39, 0.29) is 31.1 Å². The summed E-state index contributed by atoms with van der Waals surface area (Å²) in [5, 5.41) is 0. The molecule has 0 amide bonds. The van der Waals surface area contributed by atoms with E-state index in [1.165, 1.54) is 44.9 Å². The third-order valence-electron chi connectivity index (χ3n) is 11.9. The van der Waals surface area contributed by atoms with Crippen molar-refractivity contribution < 1.29 is 28.6 Å². The van der Waals surface area contributed by atoms with Gasteiger partial charge < -0.3 is 14.2 Å². The molecule has 0 aliphatic heterocycles. The zero-order valence-corrected chi connectivity index (χ0v) is 47.3. The smallest absolute Gasteiger partial charge is 0.306 e. The minimum Gasteiger partial charge on any atom is -0.462 e. The largest absolute Gasteiger partial charge is 0.462 e. The molecule has 0 fully saturated rings. The Hall–Kier alpha value is -4.97. The quantitative estimate of drug-likeness (QED) is 0.0199. The predicted octanol–water partition coefficient (Wildman–Crippen LogP) is 20.1. The van der Waals surface area contributed by atoms with Gasteiger partial charge in [-0.25, -0.2) is 0 Å². The van der Waals surface area contributed by atoms with Crippen molar-refractivity contribution in [2.45, 2.75) is 239 Å². The number of allylic oxidation sites excluding steroid dienone is 26. The number of carbonyl (C=O) groups is 3. The predicted molar refractivity (Wildman–Crippen MR) is 320 cm³/mol. The van der Waals surface area contributed by atoms with E-state index in [0.717, 1.165) is 148 Å². The summed E-state index contributed by atoms with van der Waals surface area (Å²) in [6.45, 7) is 6.26. The van der Waals surface area contributed by atoms with E-state index >= 15 is 0 Å². The van der Waals surface area contributed by atoms with Crippen molar-refractivity contribution in [3.8, 4) is 0 Å². The average Bonchev–Trinajstić information content (AvgIpc) is 3.40. The average molecular weight is 1020 g/mol. The van der Waals surface area contributed by atoms with Crippen LogP contribution in [0.2, 0.25) is 0 Å². The summed E-state index contributed by atoms with van der Waals surface area (Å²) < 4.78 is 16.8. The van der Waals surface area contributed by atoms with Crippen molar-refractivity contribution in [3.05, 3.63) is 158 Å². The second-order valence-electron chi connectivity index (χ2n) is 18.9. The minimum absolute atomic E-state index is 0.112. The van der Waals surface area contributed by atoms with Gasteiger partial charge in [0, 0.05) is 19.3 Å². The van der Waals surface area contributed by atoms with Crippen LogP contribution in [0.4, 0.5) is 0 Å². The van der Waals surface area contributed by atoms with Crippen LogP contribution in [0.5, 0.6) is 0 Å². The highest BCUT2D eigenvalue weighted by Crippen LogP contribution is 2.14. The molecule has 0 radical (unpaired) electrons. The van der Waals surface area contributed by atoms with E-state index in [0.29, 0.717) is 19.3 Å². The van der Waals surface area contributed by atoms with Gasteiger partial charge in [-0.15, -0.1) is 0 Å². The number of hydrogen-bond acceptors (Lipinski definition) is 6. The molecule has 0 bridgehead atoms. The fourth-order valence-electron chi connectivity index (χ4n) is 7.51. The van der Waals surface area contributed by atoms with Crippen LogP contribution >= 0.6 is 0 Å². The summed E-state index contributed by atoms with van der Waals surface area (Å²) in [4.78, 5) is 38.3. The van der Waals surface area contributed by atoms with E-state index < -0.39 is 6.10 Å². The van der Waals surface area contributed by atoms with E-state index in [1.807, 2.05) is 24.3 Å². The SMILES string of the molecule is CC/C=C\C/C=C\C/C=C\C/C=C\C/C=C\CCCCCC(=O)OCC(COC(=O)CCCCCCC\C=C/C=C\C=C/C=C\C=C/CCC)OC(=O)CCCCCCCCCCC/C=C\C/C=C\C/C=C\CC. The van der Waals surface area contributed by atoms with Gasteiger partial charge in [0.2, 0.25) is 0 Å². The first-order valence-corrected chi connectivity index (χ1v) is 29.6. The number of rotatable bonds is 51. The fraction of sp³-hybridized carbons (Fsp3) is 0.574. The van der Waals surface area contributed by atoms with E-state index in [1.54, 1.807) is 0 Å². The van der Waals surface area contributed by atoms with Crippen LogP contribution in [0.3, 0.4) is 0 Å². The molecule has 0 aromatic rings. The topological polar surface area (TPSA) is 78.9 Å². The highest BCUT2D eigenvalue weighted by Gasteiger charge is 2.19. The highest BCUT2D eigenvalue weighted by molar-refractivity contribution is 5.71. The Morgan fingerprint density at radius 3 is 0.959 bits per heavy atom. The molecule has 0 rings (SSSR count). The maximum atomic E-state index is 12.9. The Morgan fingerprint density at radius 1 is 0.297 bits per heavy atom. The lowest BCUT2D eigenvalue weighted by atomic mass is 10.1. The molecule has 74 heavy (non-hydrogen) atoms. The van der Waals surface area contributed by atoms with Gasteiger partial charge in [-0.1, -0.05) is 256 Å². The van der Waals surface area contributed by atoms with Crippen molar-refractivity contribution in [1.82, 2.24) is 0 Å². The van der Waals surface area contributed by atoms with Crippen molar-refractivity contribution in [1.29, 1.82) is 0 Å². The molecule has 0 aromatic carbocycles. The molecule has 1 atom stereocenters. The summed E-state index contributed by atoms with van der Waals surface area (Å²) in [6.07, 6.45) is 87.9. The Kier molecular flexibility index (Phi) is 56.5. The normalized spacial score (nSPS) is 13.3. The van der Waals surface area contributed by atoms with Gasteiger partial charge in [0.05, 0.1) is 0 Å². The van der Waals surface area contributed by atoms with Gasteiger partial charge in [-0.3, -0.25) is 14.4 Å². The summed E-state index contributed by atoms with van der Waals surface area (Å²) >= 11 is 0. The summed E-state index contributed by atoms with van der Waals surface area (Å²) in [5.41, 5.74) is 0. The van der Waals surface area contributed by atoms with Gasteiger partial charge in [0.25, 0.3) is 0 Å². The van der Waals surface area contributed by atoms with Crippen LogP contribution in [-0.4, -0.2) is 37.2 Å². The Morgan fingerprint density at radius 2 is 0.581 bits per heavy atom. The Balaban J connectivity index is 4.55. The van der Waals surface area contributed by atoms with Gasteiger partial charge >= 0.3 is 17.9 Å². The summed E-state index contributed by atoms with van der Waals surface area (Å²) in [5.74, 6) is -0.978.